The molecule has 2 rings (SSSR count). The summed E-state index contributed by atoms with van der Waals surface area (Å²) in [4.78, 5) is 26.4. The number of nitriles is 1. The van der Waals surface area contributed by atoms with Gasteiger partial charge < -0.3 is 9.64 Å². The number of hydrogen-bond donors (Lipinski definition) is 0. The van der Waals surface area contributed by atoms with E-state index in [9.17, 15) is 9.59 Å². The van der Waals surface area contributed by atoms with Crippen molar-refractivity contribution in [2.75, 3.05) is 18.1 Å². The third-order valence-electron chi connectivity index (χ3n) is 4.46. The van der Waals surface area contributed by atoms with Crippen molar-refractivity contribution in [1.82, 2.24) is 0 Å². The molecule has 0 heterocycles. The molecular weight excluding hydrogens is 304 g/mol. The number of hydrogen-bond acceptors (Lipinski definition) is 4. The molecule has 1 aromatic rings. The van der Waals surface area contributed by atoms with Gasteiger partial charge in [-0.1, -0.05) is 17.7 Å². The van der Waals surface area contributed by atoms with Crippen molar-refractivity contribution in [2.24, 2.45) is 11.8 Å². The van der Waals surface area contributed by atoms with Gasteiger partial charge in [0.05, 0.1) is 12.7 Å². The summed E-state index contributed by atoms with van der Waals surface area (Å²) in [6, 6.07) is 9.84. The molecule has 0 saturated heterocycles. The van der Waals surface area contributed by atoms with Gasteiger partial charge in [0.15, 0.2) is 0 Å². The van der Waals surface area contributed by atoms with E-state index in [-0.39, 0.29) is 24.3 Å². The zero-order valence-electron chi connectivity index (χ0n) is 14.3. The van der Waals surface area contributed by atoms with E-state index >= 15 is 0 Å². The second kappa shape index (κ2) is 8.49. The number of nitrogens with zero attached hydrogens (tertiary/aromatic N) is 2. The molecule has 1 aliphatic carbocycles. The largest absolute Gasteiger partial charge is 0.465 e. The summed E-state index contributed by atoms with van der Waals surface area (Å²) >= 11 is 0. The number of aryl methyl sites for hydroxylation is 1. The summed E-state index contributed by atoms with van der Waals surface area (Å²) in [6.07, 6.45) is 2.88. The van der Waals surface area contributed by atoms with Crippen LogP contribution in [-0.2, 0) is 14.3 Å². The van der Waals surface area contributed by atoms with E-state index in [0.29, 0.717) is 25.1 Å². The average molecular weight is 328 g/mol. The molecule has 0 spiro atoms. The summed E-state index contributed by atoms with van der Waals surface area (Å²) in [5.74, 6) is -0.544. The molecule has 0 radical (unpaired) electrons. The quantitative estimate of drug-likeness (QED) is 0.778. The maximum absolute atomic E-state index is 13.0. The van der Waals surface area contributed by atoms with E-state index in [1.54, 1.807) is 6.92 Å². The number of benzene rings is 1. The molecule has 0 atom stereocenters. The lowest BCUT2D eigenvalue weighted by molar-refractivity contribution is -0.142. The zero-order valence-corrected chi connectivity index (χ0v) is 14.3. The predicted molar refractivity (Wildman–Crippen MR) is 91.2 cm³/mol. The normalized spacial score (nSPS) is 20.0. The Balaban J connectivity index is 2.15. The van der Waals surface area contributed by atoms with Gasteiger partial charge in [0.25, 0.3) is 0 Å². The van der Waals surface area contributed by atoms with Crippen molar-refractivity contribution >= 4 is 17.6 Å². The highest BCUT2D eigenvalue weighted by Gasteiger charge is 2.31. The Labute approximate surface area is 143 Å². The molecule has 0 aliphatic heterocycles. The number of anilines is 1. The SMILES string of the molecule is CCOC(=O)CN(C(=O)C1CCC(C#N)CC1)c1ccc(C)cc1. The topological polar surface area (TPSA) is 70.4 Å². The monoisotopic (exact) mass is 328 g/mol. The highest BCUT2D eigenvalue weighted by atomic mass is 16.5. The molecule has 1 saturated carbocycles. The van der Waals surface area contributed by atoms with E-state index in [1.165, 1.54) is 4.90 Å². The number of carbonyl (C=O) groups is 2. The van der Waals surface area contributed by atoms with Crippen LogP contribution in [0.5, 0.6) is 0 Å². The van der Waals surface area contributed by atoms with Crippen LogP contribution in [-0.4, -0.2) is 25.0 Å². The Hall–Kier alpha value is -2.35. The molecular formula is C19H24N2O3. The fourth-order valence-electron chi connectivity index (χ4n) is 3.05. The first-order valence-electron chi connectivity index (χ1n) is 8.48. The van der Waals surface area contributed by atoms with Gasteiger partial charge in [0.1, 0.15) is 6.54 Å². The lowest BCUT2D eigenvalue weighted by Gasteiger charge is -2.30. The predicted octanol–water partition coefficient (Wildman–Crippen LogP) is 3.22. The maximum Gasteiger partial charge on any atom is 0.326 e. The third kappa shape index (κ3) is 4.58. The molecule has 0 bridgehead atoms. The number of amides is 1. The van der Waals surface area contributed by atoms with Gasteiger partial charge in [-0.05, 0) is 51.7 Å². The molecule has 128 valence electrons. The number of rotatable bonds is 5. The van der Waals surface area contributed by atoms with Crippen molar-refractivity contribution in [2.45, 2.75) is 39.5 Å². The average Bonchev–Trinajstić information content (AvgIpc) is 2.60. The zero-order chi connectivity index (χ0) is 17.5. The maximum atomic E-state index is 13.0. The van der Waals surface area contributed by atoms with Crippen LogP contribution in [0, 0.1) is 30.1 Å². The fraction of sp³-hybridized carbons (Fsp3) is 0.526. The standard InChI is InChI=1S/C19H24N2O3/c1-3-24-18(22)13-21(17-10-4-14(2)5-11-17)19(23)16-8-6-15(12-20)7-9-16/h4-5,10-11,15-16H,3,6-9,13H2,1-2H3. The minimum Gasteiger partial charge on any atom is -0.465 e. The number of carbonyl (C=O) groups excluding carboxylic acids is 2. The van der Waals surface area contributed by atoms with Crippen LogP contribution in [0.25, 0.3) is 0 Å². The molecule has 1 aliphatic rings. The molecule has 5 heteroatoms. The highest BCUT2D eigenvalue weighted by Crippen LogP contribution is 2.31. The van der Waals surface area contributed by atoms with Crippen LogP contribution < -0.4 is 4.90 Å². The first-order chi connectivity index (χ1) is 11.5. The van der Waals surface area contributed by atoms with E-state index in [4.69, 9.17) is 10.00 Å². The lowest BCUT2D eigenvalue weighted by atomic mass is 9.82. The Morgan fingerprint density at radius 2 is 1.83 bits per heavy atom. The smallest absolute Gasteiger partial charge is 0.326 e. The summed E-state index contributed by atoms with van der Waals surface area (Å²) in [7, 11) is 0. The van der Waals surface area contributed by atoms with Gasteiger partial charge in [-0.15, -0.1) is 0 Å². The van der Waals surface area contributed by atoms with E-state index in [2.05, 4.69) is 6.07 Å². The Morgan fingerprint density at radius 1 is 1.21 bits per heavy atom. The van der Waals surface area contributed by atoms with Crippen LogP contribution in [0.2, 0.25) is 0 Å². The second-order valence-corrected chi connectivity index (χ2v) is 6.24. The van der Waals surface area contributed by atoms with Gasteiger partial charge >= 0.3 is 5.97 Å². The van der Waals surface area contributed by atoms with Crippen LogP contribution in [0.15, 0.2) is 24.3 Å². The number of esters is 1. The third-order valence-corrected chi connectivity index (χ3v) is 4.46. The summed E-state index contributed by atoms with van der Waals surface area (Å²) in [5.41, 5.74) is 1.80. The van der Waals surface area contributed by atoms with E-state index in [0.717, 1.165) is 18.4 Å². The van der Waals surface area contributed by atoms with Crippen molar-refractivity contribution in [1.29, 1.82) is 5.26 Å². The van der Waals surface area contributed by atoms with Crippen LogP contribution >= 0.6 is 0 Å². The summed E-state index contributed by atoms with van der Waals surface area (Å²) in [5, 5.41) is 9.00. The van der Waals surface area contributed by atoms with Gasteiger partial charge in [-0.25, -0.2) is 0 Å². The molecule has 1 fully saturated rings. The van der Waals surface area contributed by atoms with Gasteiger partial charge in [0.2, 0.25) is 5.91 Å². The molecule has 0 aromatic heterocycles. The second-order valence-electron chi connectivity index (χ2n) is 6.24. The van der Waals surface area contributed by atoms with Crippen molar-refractivity contribution < 1.29 is 14.3 Å². The van der Waals surface area contributed by atoms with Gasteiger partial charge in [-0.2, -0.15) is 5.26 Å². The minimum absolute atomic E-state index is 0.0481. The van der Waals surface area contributed by atoms with Crippen molar-refractivity contribution in [3.05, 3.63) is 29.8 Å². The molecule has 5 nitrogen and oxygen atoms in total. The highest BCUT2D eigenvalue weighted by molar-refractivity contribution is 5.99. The van der Waals surface area contributed by atoms with Crippen molar-refractivity contribution in [3.63, 3.8) is 0 Å². The summed E-state index contributed by atoms with van der Waals surface area (Å²) in [6.45, 7) is 3.94. The fourth-order valence-corrected chi connectivity index (χ4v) is 3.05. The first-order valence-corrected chi connectivity index (χ1v) is 8.48. The molecule has 24 heavy (non-hydrogen) atoms. The van der Waals surface area contributed by atoms with Gasteiger partial charge in [0, 0.05) is 17.5 Å². The Bertz CT molecular complexity index is 610. The van der Waals surface area contributed by atoms with E-state index in [1.807, 2.05) is 31.2 Å². The first kappa shape index (κ1) is 18.0. The molecule has 0 unspecified atom stereocenters. The van der Waals surface area contributed by atoms with Crippen molar-refractivity contribution in [3.8, 4) is 6.07 Å². The minimum atomic E-state index is -0.405. The van der Waals surface area contributed by atoms with Gasteiger partial charge in [-0.3, -0.25) is 9.59 Å². The molecule has 0 N–H and O–H groups in total. The Morgan fingerprint density at radius 3 is 2.38 bits per heavy atom. The van der Waals surface area contributed by atoms with Crippen LogP contribution in [0.4, 0.5) is 5.69 Å². The number of ether oxygens (including phenoxy) is 1. The van der Waals surface area contributed by atoms with Crippen LogP contribution in [0.1, 0.15) is 38.2 Å². The van der Waals surface area contributed by atoms with Crippen LogP contribution in [0.3, 0.4) is 0 Å². The lowest BCUT2D eigenvalue weighted by Crippen LogP contribution is -2.41. The summed E-state index contributed by atoms with van der Waals surface area (Å²) < 4.78 is 5.01. The van der Waals surface area contributed by atoms with E-state index < -0.39 is 5.97 Å². The molecule has 1 amide bonds. The molecule has 1 aromatic carbocycles. The Kier molecular flexibility index (Phi) is 6.36.